The van der Waals surface area contributed by atoms with Crippen molar-refractivity contribution < 1.29 is 19.4 Å². The number of aryl methyl sites for hydroxylation is 1. The van der Waals surface area contributed by atoms with Crippen LogP contribution >= 0.6 is 15.9 Å². The van der Waals surface area contributed by atoms with E-state index in [0.29, 0.717) is 27.9 Å². The van der Waals surface area contributed by atoms with Gasteiger partial charge in [0.25, 0.3) is 11.5 Å². The third-order valence-electron chi connectivity index (χ3n) is 4.06. The number of hydrogen-bond donors (Lipinski definition) is 2. The number of ether oxygens (including phenoxy) is 2. The molecule has 1 amide bonds. The van der Waals surface area contributed by atoms with Crippen LogP contribution in [0.4, 0.5) is 0 Å². The molecule has 0 saturated heterocycles. The molecular weight excluding hydrogens is 456 g/mol. The maximum Gasteiger partial charge on any atom is 0.269 e. The summed E-state index contributed by atoms with van der Waals surface area (Å²) in [7, 11) is 1.47. The number of nitriles is 1. The predicted octanol–water partition coefficient (Wildman–Crippen LogP) is 2.19. The SMILES string of the molecule is CCOc1cc(C=NNC(=O)Cn2c(C)cc(COC)c(C#N)c2=O)cc(Br)c1O. The molecule has 0 spiro atoms. The number of amides is 1. The van der Waals surface area contributed by atoms with Gasteiger partial charge in [0, 0.05) is 18.4 Å². The van der Waals surface area contributed by atoms with Crippen LogP contribution in [0.2, 0.25) is 0 Å². The number of carbonyl (C=O) groups excluding carboxylic acids is 1. The van der Waals surface area contributed by atoms with Crippen LogP contribution in [-0.4, -0.2) is 35.5 Å². The molecule has 9 nitrogen and oxygen atoms in total. The van der Waals surface area contributed by atoms with E-state index in [1.807, 2.05) is 6.07 Å². The van der Waals surface area contributed by atoms with Gasteiger partial charge < -0.3 is 19.1 Å². The van der Waals surface area contributed by atoms with Gasteiger partial charge in [-0.3, -0.25) is 9.59 Å². The summed E-state index contributed by atoms with van der Waals surface area (Å²) >= 11 is 3.23. The van der Waals surface area contributed by atoms with E-state index in [1.54, 1.807) is 32.0 Å². The molecule has 0 saturated carbocycles. The molecule has 1 heterocycles. The zero-order valence-corrected chi connectivity index (χ0v) is 18.3. The molecule has 0 fully saturated rings. The number of nitrogens with one attached hydrogen (secondary N) is 1. The summed E-state index contributed by atoms with van der Waals surface area (Å²) in [5, 5.41) is 23.1. The van der Waals surface area contributed by atoms with E-state index in [-0.39, 0.29) is 30.2 Å². The average Bonchev–Trinajstić information content (AvgIpc) is 2.69. The van der Waals surface area contributed by atoms with Gasteiger partial charge in [-0.2, -0.15) is 10.4 Å². The molecule has 158 valence electrons. The third kappa shape index (κ3) is 5.46. The van der Waals surface area contributed by atoms with Gasteiger partial charge in [0.05, 0.1) is 23.9 Å². The van der Waals surface area contributed by atoms with Gasteiger partial charge in [0.2, 0.25) is 0 Å². The molecule has 2 aromatic rings. The minimum absolute atomic E-state index is 0.0295. The first kappa shape index (κ1) is 23.1. The number of phenols is 1. The highest BCUT2D eigenvalue weighted by molar-refractivity contribution is 9.10. The van der Waals surface area contributed by atoms with Crippen LogP contribution in [0.1, 0.15) is 29.3 Å². The van der Waals surface area contributed by atoms with Crippen LogP contribution in [0.25, 0.3) is 0 Å². The molecular formula is C20H21BrN4O5. The average molecular weight is 477 g/mol. The summed E-state index contributed by atoms with van der Waals surface area (Å²) in [6.45, 7) is 3.66. The Balaban J connectivity index is 2.16. The van der Waals surface area contributed by atoms with Crippen LogP contribution in [0.3, 0.4) is 0 Å². The maximum atomic E-state index is 12.5. The lowest BCUT2D eigenvalue weighted by molar-refractivity contribution is -0.121. The number of benzene rings is 1. The van der Waals surface area contributed by atoms with Crippen LogP contribution < -0.4 is 15.7 Å². The summed E-state index contributed by atoms with van der Waals surface area (Å²) in [5.74, 6) is -0.289. The van der Waals surface area contributed by atoms with Gasteiger partial charge in [-0.15, -0.1) is 0 Å². The highest BCUT2D eigenvalue weighted by Crippen LogP contribution is 2.35. The highest BCUT2D eigenvalue weighted by Gasteiger charge is 2.15. The van der Waals surface area contributed by atoms with Gasteiger partial charge in [-0.25, -0.2) is 5.43 Å². The molecule has 0 unspecified atom stereocenters. The first-order valence-corrected chi connectivity index (χ1v) is 9.71. The molecule has 0 aliphatic heterocycles. The lowest BCUT2D eigenvalue weighted by atomic mass is 10.1. The molecule has 2 rings (SSSR count). The number of rotatable bonds is 8. The Bertz CT molecular complexity index is 1070. The van der Waals surface area contributed by atoms with Crippen molar-refractivity contribution in [3.8, 4) is 17.6 Å². The monoisotopic (exact) mass is 476 g/mol. The lowest BCUT2D eigenvalue weighted by Crippen LogP contribution is -2.33. The number of hydrogen-bond acceptors (Lipinski definition) is 7. The molecule has 0 radical (unpaired) electrons. The van der Waals surface area contributed by atoms with Crippen molar-refractivity contribution in [2.24, 2.45) is 5.10 Å². The van der Waals surface area contributed by atoms with Crippen molar-refractivity contribution >= 4 is 28.1 Å². The topological polar surface area (TPSA) is 126 Å². The second-order valence-electron chi connectivity index (χ2n) is 6.20. The van der Waals surface area contributed by atoms with E-state index >= 15 is 0 Å². The Hall–Kier alpha value is -3.16. The number of methoxy groups -OCH3 is 1. The summed E-state index contributed by atoms with van der Waals surface area (Å²) < 4.78 is 12.0. The number of phenolic OH excluding ortho intramolecular Hbond substituents is 1. The van der Waals surface area contributed by atoms with Crippen LogP contribution in [-0.2, 0) is 22.7 Å². The zero-order chi connectivity index (χ0) is 22.3. The number of hydrazone groups is 1. The quantitative estimate of drug-likeness (QED) is 0.444. The van der Waals surface area contributed by atoms with E-state index in [1.165, 1.54) is 17.9 Å². The second kappa shape index (κ2) is 10.6. The number of aromatic hydroxyl groups is 1. The fourth-order valence-electron chi connectivity index (χ4n) is 2.71. The molecule has 0 aliphatic rings. The lowest BCUT2D eigenvalue weighted by Gasteiger charge is -2.12. The van der Waals surface area contributed by atoms with E-state index in [0.717, 1.165) is 0 Å². The van der Waals surface area contributed by atoms with E-state index in [9.17, 15) is 20.0 Å². The zero-order valence-electron chi connectivity index (χ0n) is 16.7. The number of halogens is 1. The predicted molar refractivity (Wildman–Crippen MR) is 114 cm³/mol. The molecule has 0 atom stereocenters. The summed E-state index contributed by atoms with van der Waals surface area (Å²) in [6.07, 6.45) is 1.38. The molecule has 30 heavy (non-hydrogen) atoms. The Kier molecular flexibility index (Phi) is 8.15. The van der Waals surface area contributed by atoms with Crippen molar-refractivity contribution in [1.82, 2.24) is 9.99 Å². The van der Waals surface area contributed by atoms with Crippen molar-refractivity contribution in [1.29, 1.82) is 5.26 Å². The number of carbonyl (C=O) groups is 1. The maximum absolute atomic E-state index is 12.5. The summed E-state index contributed by atoms with van der Waals surface area (Å²) in [4.78, 5) is 24.8. The van der Waals surface area contributed by atoms with E-state index in [4.69, 9.17) is 9.47 Å². The molecule has 2 N–H and O–H groups in total. The van der Waals surface area contributed by atoms with Crippen molar-refractivity contribution in [3.63, 3.8) is 0 Å². The fourth-order valence-corrected chi connectivity index (χ4v) is 3.17. The fraction of sp³-hybridized carbons (Fsp3) is 0.300. The van der Waals surface area contributed by atoms with E-state index in [2.05, 4.69) is 26.5 Å². The summed E-state index contributed by atoms with van der Waals surface area (Å²) in [5.41, 5.74) is 3.29. The normalized spacial score (nSPS) is 10.8. The van der Waals surface area contributed by atoms with Gasteiger partial charge in [-0.1, -0.05) is 0 Å². The second-order valence-corrected chi connectivity index (χ2v) is 7.05. The standard InChI is InChI=1S/C20H21BrN4O5/c1-4-30-17-7-13(6-16(21)19(17)27)9-23-24-18(26)10-25-12(2)5-14(11-29-3)15(8-22)20(25)28/h5-7,9,27H,4,10-11H2,1-3H3,(H,24,26). The molecule has 10 heteroatoms. The molecule has 1 aromatic carbocycles. The highest BCUT2D eigenvalue weighted by atomic mass is 79.9. The minimum atomic E-state index is -0.562. The van der Waals surface area contributed by atoms with Gasteiger partial charge >= 0.3 is 0 Å². The Morgan fingerprint density at radius 3 is 2.80 bits per heavy atom. The Labute approximate surface area is 181 Å². The Morgan fingerprint density at radius 1 is 1.43 bits per heavy atom. The van der Waals surface area contributed by atoms with Crippen molar-refractivity contribution in [2.45, 2.75) is 27.0 Å². The third-order valence-corrected chi connectivity index (χ3v) is 4.66. The molecule has 0 bridgehead atoms. The molecule has 1 aromatic heterocycles. The van der Waals surface area contributed by atoms with Gasteiger partial charge in [0.15, 0.2) is 11.5 Å². The number of pyridine rings is 1. The van der Waals surface area contributed by atoms with Gasteiger partial charge in [-0.05, 0) is 53.5 Å². The summed E-state index contributed by atoms with van der Waals surface area (Å²) in [6, 6.07) is 6.69. The van der Waals surface area contributed by atoms with Crippen LogP contribution in [0, 0.1) is 18.3 Å². The minimum Gasteiger partial charge on any atom is -0.503 e. The first-order chi connectivity index (χ1) is 14.3. The van der Waals surface area contributed by atoms with E-state index < -0.39 is 11.5 Å². The van der Waals surface area contributed by atoms with Crippen molar-refractivity contribution in [3.05, 3.63) is 55.4 Å². The number of nitrogens with zero attached hydrogens (tertiary/aromatic N) is 3. The Morgan fingerprint density at radius 2 is 2.17 bits per heavy atom. The smallest absolute Gasteiger partial charge is 0.269 e. The number of aromatic nitrogens is 1. The van der Waals surface area contributed by atoms with Crippen LogP contribution in [0.15, 0.2) is 32.6 Å². The van der Waals surface area contributed by atoms with Gasteiger partial charge in [0.1, 0.15) is 18.2 Å². The van der Waals surface area contributed by atoms with Crippen molar-refractivity contribution in [2.75, 3.05) is 13.7 Å². The first-order valence-electron chi connectivity index (χ1n) is 8.91. The van der Waals surface area contributed by atoms with Crippen LogP contribution in [0.5, 0.6) is 11.5 Å². The largest absolute Gasteiger partial charge is 0.503 e. The molecule has 0 aliphatic carbocycles.